The van der Waals surface area contributed by atoms with Crippen LogP contribution in [-0.2, 0) is 14.3 Å². The van der Waals surface area contributed by atoms with Crippen molar-refractivity contribution in [1.29, 1.82) is 0 Å². The number of benzene rings is 1. The fourth-order valence-corrected chi connectivity index (χ4v) is 5.28. The highest BCUT2D eigenvalue weighted by molar-refractivity contribution is 8.01. The Balaban J connectivity index is 1.57. The minimum atomic E-state index is -0.0511. The fraction of sp³-hybridized carbons (Fsp3) is 0.579. The Bertz CT molecular complexity index is 682. The number of carbonyl (C=O) groups excluding carboxylic acids is 2. The lowest BCUT2D eigenvalue weighted by Gasteiger charge is -2.33. The molecular weight excluding hydrogens is 386 g/mol. The quantitative estimate of drug-likeness (QED) is 0.746. The highest BCUT2D eigenvalue weighted by atomic mass is 35.5. The van der Waals surface area contributed by atoms with Crippen LogP contribution in [0.2, 0.25) is 5.02 Å². The minimum Gasteiger partial charge on any atom is -0.375 e. The summed E-state index contributed by atoms with van der Waals surface area (Å²) in [6, 6.07) is 7.76. The van der Waals surface area contributed by atoms with Crippen LogP contribution in [0.4, 0.5) is 0 Å². The van der Waals surface area contributed by atoms with E-state index in [1.54, 1.807) is 18.9 Å². The van der Waals surface area contributed by atoms with E-state index in [1.807, 2.05) is 41.0 Å². The van der Waals surface area contributed by atoms with Gasteiger partial charge in [0.1, 0.15) is 12.0 Å². The molecule has 0 bridgehead atoms. The summed E-state index contributed by atoms with van der Waals surface area (Å²) in [6.07, 6.45) is 0. The summed E-state index contributed by atoms with van der Waals surface area (Å²) in [6.45, 7) is 6.97. The molecule has 2 aliphatic heterocycles. The monoisotopic (exact) mass is 412 g/mol. The molecule has 2 heterocycles. The Labute approximate surface area is 169 Å². The Morgan fingerprint density at radius 2 is 2.04 bits per heavy atom. The molecule has 2 amide bonds. The van der Waals surface area contributed by atoms with Gasteiger partial charge in [-0.3, -0.25) is 9.59 Å². The summed E-state index contributed by atoms with van der Waals surface area (Å²) in [5.74, 6) is 0.230. The van der Waals surface area contributed by atoms with Gasteiger partial charge < -0.3 is 19.4 Å². The third-order valence-corrected chi connectivity index (χ3v) is 6.94. The molecule has 1 N–H and O–H groups in total. The van der Waals surface area contributed by atoms with Crippen molar-refractivity contribution in [3.05, 3.63) is 34.9 Å². The van der Waals surface area contributed by atoms with E-state index in [-0.39, 0.29) is 29.0 Å². The normalized spacial score (nSPS) is 23.9. The van der Waals surface area contributed by atoms with Crippen LogP contribution in [0.1, 0.15) is 17.9 Å². The van der Waals surface area contributed by atoms with Crippen LogP contribution in [0.25, 0.3) is 0 Å². The number of nitrogens with one attached hydrogen (secondary N) is 1. The molecule has 2 aliphatic rings. The van der Waals surface area contributed by atoms with Crippen molar-refractivity contribution in [2.75, 3.05) is 53.0 Å². The zero-order valence-electron chi connectivity index (χ0n) is 15.8. The van der Waals surface area contributed by atoms with Crippen LogP contribution in [0.5, 0.6) is 0 Å². The van der Waals surface area contributed by atoms with Crippen molar-refractivity contribution in [1.82, 2.24) is 9.80 Å². The van der Waals surface area contributed by atoms with Gasteiger partial charge in [0.05, 0.1) is 44.5 Å². The van der Waals surface area contributed by atoms with Gasteiger partial charge in [-0.25, -0.2) is 0 Å². The van der Waals surface area contributed by atoms with E-state index in [9.17, 15) is 9.59 Å². The number of quaternary nitrogens is 1. The van der Waals surface area contributed by atoms with Crippen molar-refractivity contribution in [3.63, 3.8) is 0 Å². The summed E-state index contributed by atoms with van der Waals surface area (Å²) in [7, 11) is 1.54. The maximum Gasteiger partial charge on any atom is 0.248 e. The van der Waals surface area contributed by atoms with Gasteiger partial charge in [-0.1, -0.05) is 29.8 Å². The zero-order chi connectivity index (χ0) is 19.4. The van der Waals surface area contributed by atoms with Crippen LogP contribution in [0, 0.1) is 0 Å². The minimum absolute atomic E-state index is 0.0230. The van der Waals surface area contributed by atoms with Crippen molar-refractivity contribution >= 4 is 35.2 Å². The van der Waals surface area contributed by atoms with Gasteiger partial charge >= 0.3 is 0 Å². The lowest BCUT2D eigenvalue weighted by atomic mass is 10.2. The number of ether oxygens (including phenoxy) is 1. The second kappa shape index (κ2) is 9.28. The molecule has 2 atom stereocenters. The van der Waals surface area contributed by atoms with E-state index >= 15 is 0 Å². The average Bonchev–Trinajstić information content (AvgIpc) is 2.95. The third kappa shape index (κ3) is 4.77. The molecule has 6 nitrogen and oxygen atoms in total. The van der Waals surface area contributed by atoms with Gasteiger partial charge in [-0.15, -0.1) is 11.8 Å². The summed E-state index contributed by atoms with van der Waals surface area (Å²) in [4.78, 5) is 29.8. The van der Waals surface area contributed by atoms with Crippen molar-refractivity contribution < 1.29 is 19.2 Å². The smallest absolute Gasteiger partial charge is 0.248 e. The predicted molar refractivity (Wildman–Crippen MR) is 107 cm³/mol. The maximum absolute atomic E-state index is 12.7. The number of rotatable bonds is 6. The molecule has 8 heteroatoms. The van der Waals surface area contributed by atoms with Crippen molar-refractivity contribution in [2.24, 2.45) is 0 Å². The van der Waals surface area contributed by atoms with Gasteiger partial charge in [0.15, 0.2) is 0 Å². The zero-order valence-corrected chi connectivity index (χ0v) is 17.4. The SMILES string of the molecule is COCC(=O)N1CC[NH+](CCN2C(=O)[C@H](C)S[C@@H]2c2ccccc2Cl)CC1. The van der Waals surface area contributed by atoms with Crippen LogP contribution in [0.15, 0.2) is 24.3 Å². The standard InChI is InChI=1S/C19H26ClN3O3S/c1-14-18(25)23(19(27-14)15-5-3-4-6-16(15)20)12-9-21-7-10-22(11-8-21)17(24)13-26-2/h3-6,14,19H,7-13H2,1-2H3/p+1/t14-,19+/m0/s1. The first-order valence-electron chi connectivity index (χ1n) is 9.32. The number of piperazine rings is 1. The molecule has 0 spiro atoms. The molecule has 1 aromatic carbocycles. The van der Waals surface area contributed by atoms with Crippen molar-refractivity contribution in [2.45, 2.75) is 17.5 Å². The molecule has 3 rings (SSSR count). The van der Waals surface area contributed by atoms with Crippen LogP contribution in [0.3, 0.4) is 0 Å². The summed E-state index contributed by atoms with van der Waals surface area (Å²) < 4.78 is 4.93. The Morgan fingerprint density at radius 1 is 1.33 bits per heavy atom. The van der Waals surface area contributed by atoms with Gasteiger partial charge in [0.25, 0.3) is 0 Å². The molecule has 2 fully saturated rings. The summed E-state index contributed by atoms with van der Waals surface area (Å²) in [5.41, 5.74) is 1.01. The first-order chi connectivity index (χ1) is 13.0. The molecule has 0 radical (unpaired) electrons. The highest BCUT2D eigenvalue weighted by Gasteiger charge is 2.39. The number of carbonyl (C=O) groups is 2. The lowest BCUT2D eigenvalue weighted by molar-refractivity contribution is -0.903. The molecule has 0 saturated carbocycles. The van der Waals surface area contributed by atoms with Crippen molar-refractivity contribution in [3.8, 4) is 0 Å². The second-order valence-electron chi connectivity index (χ2n) is 7.00. The fourth-order valence-electron chi connectivity index (χ4n) is 3.63. The summed E-state index contributed by atoms with van der Waals surface area (Å²) in [5, 5.41) is 0.634. The first-order valence-corrected chi connectivity index (χ1v) is 10.6. The molecule has 0 aliphatic carbocycles. The van der Waals surface area contributed by atoms with E-state index in [0.29, 0.717) is 11.6 Å². The van der Waals surface area contributed by atoms with Gasteiger partial charge in [-0.2, -0.15) is 0 Å². The summed E-state index contributed by atoms with van der Waals surface area (Å²) >= 11 is 8.04. The number of thioether (sulfide) groups is 1. The molecule has 1 aromatic rings. The van der Waals surface area contributed by atoms with Crippen LogP contribution in [-0.4, -0.2) is 79.8 Å². The number of halogens is 1. The van der Waals surface area contributed by atoms with Gasteiger partial charge in [0, 0.05) is 17.7 Å². The average molecular weight is 413 g/mol. The van der Waals surface area contributed by atoms with E-state index in [4.69, 9.17) is 16.3 Å². The molecule has 27 heavy (non-hydrogen) atoms. The molecular formula is C19H27ClN3O3S+. The Morgan fingerprint density at radius 3 is 2.70 bits per heavy atom. The topological polar surface area (TPSA) is 54.3 Å². The third-order valence-electron chi connectivity index (χ3n) is 5.22. The first kappa shape index (κ1) is 20.5. The molecule has 0 unspecified atom stereocenters. The van der Waals surface area contributed by atoms with Crippen LogP contribution < -0.4 is 4.90 Å². The number of hydrogen-bond acceptors (Lipinski definition) is 4. The lowest BCUT2D eigenvalue weighted by Crippen LogP contribution is -3.15. The number of amides is 2. The number of nitrogens with zero attached hydrogens (tertiary/aromatic N) is 2. The Kier molecular flexibility index (Phi) is 7.03. The van der Waals surface area contributed by atoms with E-state index in [2.05, 4.69) is 0 Å². The highest BCUT2D eigenvalue weighted by Crippen LogP contribution is 2.44. The number of methoxy groups -OCH3 is 1. The molecule has 0 aromatic heterocycles. The molecule has 2 saturated heterocycles. The van der Waals surface area contributed by atoms with E-state index in [0.717, 1.165) is 38.3 Å². The van der Waals surface area contributed by atoms with Crippen LogP contribution >= 0.6 is 23.4 Å². The maximum atomic E-state index is 12.7. The Hall–Kier alpha value is -1.28. The number of hydrogen-bond donors (Lipinski definition) is 1. The van der Waals surface area contributed by atoms with Gasteiger partial charge in [0.2, 0.25) is 11.8 Å². The largest absolute Gasteiger partial charge is 0.375 e. The molecule has 148 valence electrons. The second-order valence-corrected chi connectivity index (χ2v) is 8.83. The van der Waals surface area contributed by atoms with E-state index < -0.39 is 0 Å². The van der Waals surface area contributed by atoms with Gasteiger partial charge in [-0.05, 0) is 13.0 Å². The van der Waals surface area contributed by atoms with E-state index in [1.165, 1.54) is 4.90 Å². The predicted octanol–water partition coefficient (Wildman–Crippen LogP) is 0.676.